The van der Waals surface area contributed by atoms with Gasteiger partial charge in [0.15, 0.2) is 5.69 Å². The third-order valence-corrected chi connectivity index (χ3v) is 2.58. The summed E-state index contributed by atoms with van der Waals surface area (Å²) in [6, 6.07) is 6.64. The van der Waals surface area contributed by atoms with Crippen LogP contribution in [0.5, 0.6) is 5.88 Å². The van der Waals surface area contributed by atoms with E-state index in [0.29, 0.717) is 10.9 Å². The number of carbonyl (C=O) groups is 1. The molecule has 0 aliphatic carbocycles. The number of para-hydroxylation sites is 1. The zero-order chi connectivity index (χ0) is 15.6. The SMILES string of the molecule is CC(=O)n1c(O)c(N=N/C(N)=N/[N+](=O)O)c2ccccc21. The van der Waals surface area contributed by atoms with E-state index in [1.165, 1.54) is 6.92 Å². The Kier molecular flexibility index (Phi) is 3.61. The summed E-state index contributed by atoms with van der Waals surface area (Å²) in [6.45, 7) is 1.28. The lowest BCUT2D eigenvalue weighted by molar-refractivity contribution is -0.796. The van der Waals surface area contributed by atoms with Gasteiger partial charge in [0.1, 0.15) is 10.0 Å². The van der Waals surface area contributed by atoms with Crippen LogP contribution in [-0.4, -0.2) is 31.8 Å². The van der Waals surface area contributed by atoms with E-state index >= 15 is 0 Å². The van der Waals surface area contributed by atoms with Crippen molar-refractivity contribution in [1.82, 2.24) is 4.57 Å². The van der Waals surface area contributed by atoms with Crippen LogP contribution in [0.4, 0.5) is 5.69 Å². The molecule has 21 heavy (non-hydrogen) atoms. The molecule has 1 heterocycles. The van der Waals surface area contributed by atoms with E-state index in [0.717, 1.165) is 4.57 Å². The van der Waals surface area contributed by atoms with Gasteiger partial charge in [0.05, 0.1) is 5.52 Å². The number of hydrogen-bond donors (Lipinski definition) is 3. The van der Waals surface area contributed by atoms with Crippen molar-refractivity contribution in [3.63, 3.8) is 0 Å². The van der Waals surface area contributed by atoms with E-state index in [1.807, 2.05) is 0 Å². The summed E-state index contributed by atoms with van der Waals surface area (Å²) in [7, 11) is 0. The van der Waals surface area contributed by atoms with Crippen LogP contribution in [0, 0.1) is 4.91 Å². The van der Waals surface area contributed by atoms with E-state index < -0.39 is 22.8 Å². The average Bonchev–Trinajstić information content (AvgIpc) is 2.67. The second-order valence-electron chi connectivity index (χ2n) is 3.95. The number of aromatic hydroxyl groups is 1. The Balaban J connectivity index is 2.60. The first kappa shape index (κ1) is 14.1. The molecule has 1 aromatic carbocycles. The van der Waals surface area contributed by atoms with Gasteiger partial charge in [-0.25, -0.2) is 9.77 Å². The predicted molar refractivity (Wildman–Crippen MR) is 71.5 cm³/mol. The number of guanidine groups is 1. The molecule has 0 radical (unpaired) electrons. The minimum absolute atomic E-state index is 0.00524. The molecule has 2 rings (SSSR count). The first-order valence-electron chi connectivity index (χ1n) is 5.67. The largest absolute Gasteiger partial charge is 0.493 e. The number of azo groups is 1. The number of aromatic nitrogens is 1. The molecule has 0 saturated carbocycles. The van der Waals surface area contributed by atoms with E-state index in [-0.39, 0.29) is 5.69 Å². The molecule has 0 atom stereocenters. The fraction of sp³-hybridized carbons (Fsp3) is 0.0909. The molecule has 0 fully saturated rings. The van der Waals surface area contributed by atoms with Crippen LogP contribution < -0.4 is 5.73 Å². The highest BCUT2D eigenvalue weighted by Crippen LogP contribution is 2.38. The van der Waals surface area contributed by atoms with Crippen molar-refractivity contribution >= 4 is 28.5 Å². The first-order valence-corrected chi connectivity index (χ1v) is 5.67. The van der Waals surface area contributed by atoms with Crippen LogP contribution in [0.25, 0.3) is 10.9 Å². The lowest BCUT2D eigenvalue weighted by Gasteiger charge is -1.99. The molecular formula is C11H11N6O4+. The Hall–Kier alpha value is -3.30. The number of nitrogens with two attached hydrogens (primary N) is 1. The summed E-state index contributed by atoms with van der Waals surface area (Å²) in [6.07, 6.45) is 0. The molecule has 10 nitrogen and oxygen atoms in total. The van der Waals surface area contributed by atoms with Crippen molar-refractivity contribution in [2.24, 2.45) is 21.1 Å². The van der Waals surface area contributed by atoms with Crippen LogP contribution in [0.2, 0.25) is 0 Å². The molecule has 1 aromatic heterocycles. The van der Waals surface area contributed by atoms with E-state index in [2.05, 4.69) is 15.3 Å². The third kappa shape index (κ3) is 2.68. The van der Waals surface area contributed by atoms with E-state index in [1.54, 1.807) is 24.3 Å². The van der Waals surface area contributed by atoms with Gasteiger partial charge in [-0.2, -0.15) is 0 Å². The monoisotopic (exact) mass is 291 g/mol. The highest BCUT2D eigenvalue weighted by Gasteiger charge is 2.18. The van der Waals surface area contributed by atoms with E-state index in [9.17, 15) is 14.8 Å². The van der Waals surface area contributed by atoms with Crippen LogP contribution >= 0.6 is 0 Å². The van der Waals surface area contributed by atoms with Crippen molar-refractivity contribution in [1.29, 1.82) is 0 Å². The summed E-state index contributed by atoms with van der Waals surface area (Å²) in [5, 5.41) is 28.0. The summed E-state index contributed by atoms with van der Waals surface area (Å²) in [5.74, 6) is -1.44. The van der Waals surface area contributed by atoms with Gasteiger partial charge in [-0.15, -0.1) is 10.2 Å². The van der Waals surface area contributed by atoms with Crippen LogP contribution in [0.3, 0.4) is 0 Å². The van der Waals surface area contributed by atoms with Crippen molar-refractivity contribution in [2.45, 2.75) is 6.92 Å². The molecule has 10 heteroatoms. The van der Waals surface area contributed by atoms with Gasteiger partial charge in [0.25, 0.3) is 0 Å². The second-order valence-corrected chi connectivity index (χ2v) is 3.95. The molecule has 4 N–H and O–H groups in total. The van der Waals surface area contributed by atoms with Gasteiger partial charge >= 0.3 is 11.0 Å². The van der Waals surface area contributed by atoms with Gasteiger partial charge in [-0.1, -0.05) is 18.2 Å². The first-order chi connectivity index (χ1) is 9.91. The highest BCUT2D eigenvalue weighted by molar-refractivity contribution is 6.02. The average molecular weight is 291 g/mol. The number of rotatable bonds is 2. The second kappa shape index (κ2) is 5.36. The normalized spacial score (nSPS) is 12.1. The number of hydrogen-bond acceptors (Lipinski definition) is 4. The van der Waals surface area contributed by atoms with Crippen molar-refractivity contribution in [2.75, 3.05) is 0 Å². The Morgan fingerprint density at radius 2 is 2.05 bits per heavy atom. The number of carbonyl (C=O) groups excluding carboxylic acids is 1. The van der Waals surface area contributed by atoms with Crippen LogP contribution in [0.1, 0.15) is 11.7 Å². The maximum Gasteiger partial charge on any atom is 0.391 e. The maximum absolute atomic E-state index is 11.6. The molecule has 2 aromatic rings. The van der Waals surface area contributed by atoms with Crippen molar-refractivity contribution in [3.8, 4) is 5.88 Å². The van der Waals surface area contributed by atoms with Gasteiger partial charge in [-0.3, -0.25) is 4.79 Å². The molecule has 0 aliphatic rings. The molecule has 0 amide bonds. The number of fused-ring (bicyclic) bond motifs is 1. The van der Waals surface area contributed by atoms with Crippen molar-refractivity contribution < 1.29 is 20.1 Å². The summed E-state index contributed by atoms with van der Waals surface area (Å²) in [5.41, 5.74) is 5.65. The lowest BCUT2D eigenvalue weighted by Crippen LogP contribution is -2.10. The molecular weight excluding hydrogens is 280 g/mol. The highest BCUT2D eigenvalue weighted by atomic mass is 16.7. The molecule has 0 bridgehead atoms. The fourth-order valence-electron chi connectivity index (χ4n) is 1.84. The molecule has 0 saturated heterocycles. The summed E-state index contributed by atoms with van der Waals surface area (Å²) >= 11 is 0. The Labute approximate surface area is 117 Å². The van der Waals surface area contributed by atoms with Gasteiger partial charge in [0.2, 0.25) is 11.8 Å². The molecule has 0 spiro atoms. The van der Waals surface area contributed by atoms with Crippen LogP contribution in [-0.2, 0) is 0 Å². The topological polar surface area (TPSA) is 146 Å². The molecule has 108 valence electrons. The fourth-order valence-corrected chi connectivity index (χ4v) is 1.84. The Morgan fingerprint density at radius 1 is 1.38 bits per heavy atom. The lowest BCUT2D eigenvalue weighted by atomic mass is 10.2. The van der Waals surface area contributed by atoms with Gasteiger partial charge in [0, 0.05) is 12.3 Å². The van der Waals surface area contributed by atoms with Crippen LogP contribution in [0.15, 0.2) is 39.6 Å². The zero-order valence-electron chi connectivity index (χ0n) is 10.8. The Bertz CT molecular complexity index is 791. The summed E-state index contributed by atoms with van der Waals surface area (Å²) in [4.78, 5) is 21.8. The van der Waals surface area contributed by atoms with Crippen molar-refractivity contribution in [3.05, 3.63) is 29.2 Å². The van der Waals surface area contributed by atoms with Gasteiger partial charge < -0.3 is 10.8 Å². The molecule has 0 aliphatic heterocycles. The Morgan fingerprint density at radius 3 is 2.67 bits per heavy atom. The maximum atomic E-state index is 11.6. The minimum Gasteiger partial charge on any atom is -0.493 e. The minimum atomic E-state index is -0.771. The van der Waals surface area contributed by atoms with E-state index in [4.69, 9.17) is 10.9 Å². The number of hydrazone groups is 1. The number of nitrogens with zero attached hydrogens (tertiary/aromatic N) is 5. The quantitative estimate of drug-likeness (QED) is 0.332. The standard InChI is InChI=1S/C11H10N6O4/c1-6(18)16-8-5-3-2-4-7(8)9(10(16)19)13-14-11(12)15-17(20)21/h2-5H,1H3,(H3-,12,14,15,19,20,21)/p+1. The smallest absolute Gasteiger partial charge is 0.391 e. The predicted octanol–water partition coefficient (Wildman–Crippen LogP) is 1.49. The summed E-state index contributed by atoms with van der Waals surface area (Å²) < 4.78 is 1.06. The van der Waals surface area contributed by atoms with Gasteiger partial charge in [-0.05, 0) is 6.07 Å². The third-order valence-electron chi connectivity index (χ3n) is 2.58. The molecule has 0 unspecified atom stereocenters. The number of benzene rings is 1. The zero-order valence-corrected chi connectivity index (χ0v) is 10.8.